The Kier molecular flexibility index (Phi) is 2.56. The van der Waals surface area contributed by atoms with Crippen LogP contribution >= 0.6 is 0 Å². The highest BCUT2D eigenvalue weighted by molar-refractivity contribution is 5.26. The van der Waals surface area contributed by atoms with E-state index in [9.17, 15) is 17.6 Å². The molecule has 0 saturated carbocycles. The van der Waals surface area contributed by atoms with Crippen LogP contribution in [0.1, 0.15) is 11.1 Å². The standard InChI is InChI=1S/C8H6F4O/c9-7-2-1-5(4-13)3-6(7)8(10,11)12/h1-3,13H,4H2. The lowest BCUT2D eigenvalue weighted by molar-refractivity contribution is -0.140. The predicted octanol–water partition coefficient (Wildman–Crippen LogP) is 2.34. The molecule has 1 aromatic rings. The summed E-state index contributed by atoms with van der Waals surface area (Å²) in [6, 6.07) is 2.38. The first kappa shape index (κ1) is 9.98. The van der Waals surface area contributed by atoms with E-state index >= 15 is 0 Å². The maximum Gasteiger partial charge on any atom is 0.419 e. The van der Waals surface area contributed by atoms with Crippen LogP contribution in [0.2, 0.25) is 0 Å². The zero-order valence-corrected chi connectivity index (χ0v) is 6.40. The van der Waals surface area contributed by atoms with Gasteiger partial charge < -0.3 is 5.11 Å². The van der Waals surface area contributed by atoms with E-state index in [0.717, 1.165) is 6.07 Å². The third-order valence-corrected chi connectivity index (χ3v) is 1.52. The molecule has 0 radical (unpaired) electrons. The van der Waals surface area contributed by atoms with Crippen molar-refractivity contribution in [1.82, 2.24) is 0 Å². The molecule has 0 atom stereocenters. The normalized spacial score (nSPS) is 11.8. The zero-order chi connectivity index (χ0) is 10.1. The van der Waals surface area contributed by atoms with Crippen molar-refractivity contribution in [2.24, 2.45) is 0 Å². The van der Waals surface area contributed by atoms with Crippen LogP contribution in [0.25, 0.3) is 0 Å². The minimum atomic E-state index is -4.71. The first-order valence-electron chi connectivity index (χ1n) is 3.41. The molecule has 1 rings (SSSR count). The largest absolute Gasteiger partial charge is 0.419 e. The molecule has 0 amide bonds. The summed E-state index contributed by atoms with van der Waals surface area (Å²) in [5.41, 5.74) is -1.31. The molecule has 0 unspecified atom stereocenters. The Morgan fingerprint density at radius 1 is 1.23 bits per heavy atom. The summed E-state index contributed by atoms with van der Waals surface area (Å²) >= 11 is 0. The SMILES string of the molecule is OCc1ccc(F)c(C(F)(F)F)c1. The van der Waals surface area contributed by atoms with Crippen LogP contribution < -0.4 is 0 Å². The molecule has 0 spiro atoms. The fraction of sp³-hybridized carbons (Fsp3) is 0.250. The Morgan fingerprint density at radius 2 is 1.85 bits per heavy atom. The Morgan fingerprint density at radius 3 is 2.31 bits per heavy atom. The van der Waals surface area contributed by atoms with Crippen LogP contribution in [0.15, 0.2) is 18.2 Å². The summed E-state index contributed by atoms with van der Waals surface area (Å²) < 4.78 is 48.7. The van der Waals surface area contributed by atoms with Gasteiger partial charge in [0.2, 0.25) is 0 Å². The van der Waals surface area contributed by atoms with Crippen molar-refractivity contribution in [3.05, 3.63) is 35.1 Å². The Bertz CT molecular complexity index is 306. The second-order valence-corrected chi connectivity index (χ2v) is 2.47. The monoisotopic (exact) mass is 194 g/mol. The molecule has 13 heavy (non-hydrogen) atoms. The van der Waals surface area contributed by atoms with Gasteiger partial charge in [-0.25, -0.2) is 4.39 Å². The number of halogens is 4. The molecule has 1 N–H and O–H groups in total. The van der Waals surface area contributed by atoms with E-state index in [0.29, 0.717) is 12.1 Å². The van der Waals surface area contributed by atoms with Gasteiger partial charge in [0.1, 0.15) is 5.82 Å². The quantitative estimate of drug-likeness (QED) is 0.680. The van der Waals surface area contributed by atoms with E-state index in [1.807, 2.05) is 0 Å². The van der Waals surface area contributed by atoms with Gasteiger partial charge in [0.05, 0.1) is 12.2 Å². The summed E-state index contributed by atoms with van der Waals surface area (Å²) in [4.78, 5) is 0. The van der Waals surface area contributed by atoms with Crippen LogP contribution in [0.4, 0.5) is 17.6 Å². The molecule has 0 aliphatic heterocycles. The molecule has 0 bridgehead atoms. The van der Waals surface area contributed by atoms with Crippen LogP contribution in [0.3, 0.4) is 0 Å². The van der Waals surface area contributed by atoms with Crippen molar-refractivity contribution < 1.29 is 22.7 Å². The lowest BCUT2D eigenvalue weighted by Crippen LogP contribution is -2.08. The lowest BCUT2D eigenvalue weighted by atomic mass is 10.1. The maximum absolute atomic E-state index is 12.6. The molecule has 0 aliphatic carbocycles. The molecule has 0 saturated heterocycles. The predicted molar refractivity (Wildman–Crippen MR) is 37.3 cm³/mol. The molecule has 0 heterocycles. The fourth-order valence-electron chi connectivity index (χ4n) is 0.888. The Balaban J connectivity index is 3.19. The van der Waals surface area contributed by atoms with Gasteiger partial charge in [0.25, 0.3) is 0 Å². The van der Waals surface area contributed by atoms with Crippen molar-refractivity contribution >= 4 is 0 Å². The van der Waals surface area contributed by atoms with E-state index in [4.69, 9.17) is 5.11 Å². The molecule has 0 aliphatic rings. The third kappa shape index (κ3) is 2.18. The number of benzene rings is 1. The van der Waals surface area contributed by atoms with Crippen molar-refractivity contribution in [2.75, 3.05) is 0 Å². The summed E-state index contributed by atoms with van der Waals surface area (Å²) in [6.45, 7) is -0.538. The number of aliphatic hydroxyl groups excluding tert-OH is 1. The fourth-order valence-corrected chi connectivity index (χ4v) is 0.888. The van der Waals surface area contributed by atoms with Crippen molar-refractivity contribution in [3.8, 4) is 0 Å². The zero-order valence-electron chi connectivity index (χ0n) is 6.40. The van der Waals surface area contributed by atoms with E-state index in [1.165, 1.54) is 0 Å². The molecule has 1 nitrogen and oxygen atoms in total. The number of hydrogen-bond donors (Lipinski definition) is 1. The average molecular weight is 194 g/mol. The van der Waals surface area contributed by atoms with E-state index in [1.54, 1.807) is 0 Å². The number of aliphatic hydroxyl groups is 1. The van der Waals surface area contributed by atoms with E-state index in [2.05, 4.69) is 0 Å². The van der Waals surface area contributed by atoms with Gasteiger partial charge >= 0.3 is 6.18 Å². The van der Waals surface area contributed by atoms with Gasteiger partial charge in [-0.1, -0.05) is 6.07 Å². The minimum absolute atomic E-state index is 0.0359. The number of alkyl halides is 3. The Labute approximate surface area is 71.6 Å². The third-order valence-electron chi connectivity index (χ3n) is 1.52. The van der Waals surface area contributed by atoms with Crippen LogP contribution in [-0.4, -0.2) is 5.11 Å². The molecule has 0 fully saturated rings. The van der Waals surface area contributed by atoms with Gasteiger partial charge in [0, 0.05) is 0 Å². The van der Waals surface area contributed by atoms with Crippen LogP contribution in [-0.2, 0) is 12.8 Å². The lowest BCUT2D eigenvalue weighted by Gasteiger charge is -2.08. The first-order chi connectivity index (χ1) is 5.95. The summed E-state index contributed by atoms with van der Waals surface area (Å²) in [5, 5.41) is 8.53. The smallest absolute Gasteiger partial charge is 0.392 e. The van der Waals surface area contributed by atoms with Gasteiger partial charge in [-0.05, 0) is 17.7 Å². The van der Waals surface area contributed by atoms with Crippen molar-refractivity contribution in [3.63, 3.8) is 0 Å². The highest BCUT2D eigenvalue weighted by atomic mass is 19.4. The van der Waals surface area contributed by atoms with E-state index in [-0.39, 0.29) is 5.56 Å². The number of hydrogen-bond acceptors (Lipinski definition) is 1. The van der Waals surface area contributed by atoms with Gasteiger partial charge in [-0.3, -0.25) is 0 Å². The van der Waals surface area contributed by atoms with Gasteiger partial charge in [-0.2, -0.15) is 13.2 Å². The van der Waals surface area contributed by atoms with E-state index < -0.39 is 24.2 Å². The molecule has 5 heteroatoms. The van der Waals surface area contributed by atoms with Crippen molar-refractivity contribution in [1.29, 1.82) is 0 Å². The highest BCUT2D eigenvalue weighted by Gasteiger charge is 2.33. The van der Waals surface area contributed by atoms with Crippen LogP contribution in [0, 0.1) is 5.82 Å². The molecule has 0 aromatic heterocycles. The highest BCUT2D eigenvalue weighted by Crippen LogP contribution is 2.31. The minimum Gasteiger partial charge on any atom is -0.392 e. The molecular weight excluding hydrogens is 188 g/mol. The molecular formula is C8H6F4O. The Hall–Kier alpha value is -1.10. The summed E-state index contributed by atoms with van der Waals surface area (Å²) in [5.74, 6) is -1.33. The average Bonchev–Trinajstić information content (AvgIpc) is 2.03. The maximum atomic E-state index is 12.6. The summed E-state index contributed by atoms with van der Waals surface area (Å²) in [6.07, 6.45) is -4.71. The molecule has 1 aromatic carbocycles. The van der Waals surface area contributed by atoms with Gasteiger partial charge in [0.15, 0.2) is 0 Å². The molecule has 72 valence electrons. The van der Waals surface area contributed by atoms with Crippen LogP contribution in [0.5, 0.6) is 0 Å². The first-order valence-corrected chi connectivity index (χ1v) is 3.41. The van der Waals surface area contributed by atoms with Crippen molar-refractivity contribution in [2.45, 2.75) is 12.8 Å². The van der Waals surface area contributed by atoms with Gasteiger partial charge in [-0.15, -0.1) is 0 Å². The number of rotatable bonds is 1. The second-order valence-electron chi connectivity index (χ2n) is 2.47. The second kappa shape index (κ2) is 3.33. The summed E-state index contributed by atoms with van der Waals surface area (Å²) in [7, 11) is 0. The topological polar surface area (TPSA) is 20.2 Å².